The number of ether oxygens (including phenoxy) is 3. The highest BCUT2D eigenvalue weighted by Crippen LogP contribution is 2.14. The number of hydrogen-bond donors (Lipinski definition) is 0. The van der Waals surface area contributed by atoms with E-state index in [1.54, 1.807) is 0 Å². The molecule has 27 heavy (non-hydrogen) atoms. The number of esters is 1. The van der Waals surface area contributed by atoms with Crippen LogP contribution < -0.4 is 0 Å². The number of carbonyl (C=O) groups excluding carboxylic acids is 1. The minimum Gasteiger partial charge on any atom is -0.463 e. The zero-order chi connectivity index (χ0) is 19.5. The van der Waals surface area contributed by atoms with Crippen LogP contribution in [0.15, 0.2) is 57.5 Å². The lowest BCUT2D eigenvalue weighted by Crippen LogP contribution is -2.08. The maximum atomic E-state index is 10.7. The third-order valence-electron chi connectivity index (χ3n) is 3.65. The van der Waals surface area contributed by atoms with Crippen LogP contribution in [-0.4, -0.2) is 25.3 Å². The molecule has 0 aromatic heterocycles. The van der Waals surface area contributed by atoms with Crippen molar-refractivity contribution < 1.29 is 19.0 Å². The van der Waals surface area contributed by atoms with Crippen molar-refractivity contribution >= 4 is 37.8 Å². The first kappa shape index (κ1) is 22.1. The van der Waals surface area contributed by atoms with Crippen LogP contribution in [0.1, 0.15) is 30.9 Å². The molecule has 0 bridgehead atoms. The molecule has 4 nitrogen and oxygen atoms in total. The zero-order valence-electron chi connectivity index (χ0n) is 15.3. The van der Waals surface area contributed by atoms with Crippen LogP contribution in [0.2, 0.25) is 0 Å². The maximum Gasteiger partial charge on any atom is 0.305 e. The molecule has 3 rings (SSSR count). The molecule has 1 aliphatic rings. The maximum absolute atomic E-state index is 10.7. The molecule has 0 amide bonds. The molecule has 2 aromatic carbocycles. The van der Waals surface area contributed by atoms with Crippen molar-refractivity contribution in [2.45, 2.75) is 39.1 Å². The summed E-state index contributed by atoms with van der Waals surface area (Å²) in [6.07, 6.45) is 1.57. The number of benzene rings is 2. The number of hydrogen-bond acceptors (Lipinski definition) is 4. The lowest BCUT2D eigenvalue weighted by Gasteiger charge is -2.05. The van der Waals surface area contributed by atoms with E-state index < -0.39 is 0 Å². The number of halogens is 2. The minimum atomic E-state index is -0.113. The van der Waals surface area contributed by atoms with E-state index >= 15 is 0 Å². The zero-order valence-corrected chi connectivity index (χ0v) is 18.5. The highest BCUT2D eigenvalue weighted by atomic mass is 79.9. The quantitative estimate of drug-likeness (QED) is 0.347. The second-order valence-electron chi connectivity index (χ2n) is 6.13. The lowest BCUT2D eigenvalue weighted by molar-refractivity contribution is -0.144. The van der Waals surface area contributed by atoms with Gasteiger partial charge in [-0.3, -0.25) is 4.79 Å². The van der Waals surface area contributed by atoms with Gasteiger partial charge in [0.25, 0.3) is 0 Å². The van der Waals surface area contributed by atoms with Gasteiger partial charge in [-0.2, -0.15) is 0 Å². The van der Waals surface area contributed by atoms with Crippen LogP contribution >= 0.6 is 31.9 Å². The average molecular weight is 500 g/mol. The fourth-order valence-electron chi connectivity index (χ4n) is 2.07. The molecule has 1 heterocycles. The highest BCUT2D eigenvalue weighted by molar-refractivity contribution is 9.10. The van der Waals surface area contributed by atoms with Gasteiger partial charge in [-0.1, -0.05) is 63.0 Å². The minimum absolute atomic E-state index is 0.113. The molecule has 0 radical (unpaired) electrons. The first-order chi connectivity index (χ1) is 13.1. The standard InChI is InChI=1S/C14H12Br2O.C7H12O3/c15-13-5-1-11(2-6-13)9-17-10-12-3-7-14(16)8-4-12;1-2-3-7(8)10-5-6-4-9-6/h1-8H,9-10H2;6H,2-5H2,1H3. The van der Waals surface area contributed by atoms with Crippen molar-refractivity contribution in [3.63, 3.8) is 0 Å². The molecule has 0 saturated carbocycles. The monoisotopic (exact) mass is 498 g/mol. The molecule has 0 spiro atoms. The summed E-state index contributed by atoms with van der Waals surface area (Å²) in [5, 5.41) is 0. The number of rotatable bonds is 8. The summed E-state index contributed by atoms with van der Waals surface area (Å²) >= 11 is 6.82. The molecule has 1 unspecified atom stereocenters. The van der Waals surface area contributed by atoms with Crippen LogP contribution in [0.3, 0.4) is 0 Å². The molecular weight excluding hydrogens is 476 g/mol. The van der Waals surface area contributed by atoms with Crippen LogP contribution in [0.5, 0.6) is 0 Å². The van der Waals surface area contributed by atoms with E-state index in [1.165, 1.54) is 11.1 Å². The highest BCUT2D eigenvalue weighted by Gasteiger charge is 2.23. The third kappa shape index (κ3) is 10.1. The van der Waals surface area contributed by atoms with Crippen molar-refractivity contribution in [2.24, 2.45) is 0 Å². The Morgan fingerprint density at radius 1 is 1.00 bits per heavy atom. The summed E-state index contributed by atoms with van der Waals surface area (Å²) in [5.41, 5.74) is 2.37. The van der Waals surface area contributed by atoms with Gasteiger partial charge in [-0.05, 0) is 41.8 Å². The second-order valence-corrected chi connectivity index (χ2v) is 7.97. The van der Waals surface area contributed by atoms with Crippen LogP contribution in [0.25, 0.3) is 0 Å². The predicted molar refractivity (Wildman–Crippen MR) is 112 cm³/mol. The Morgan fingerprint density at radius 2 is 1.48 bits per heavy atom. The van der Waals surface area contributed by atoms with E-state index in [0.717, 1.165) is 22.0 Å². The normalized spacial score (nSPS) is 14.9. The largest absolute Gasteiger partial charge is 0.463 e. The Hall–Kier alpha value is -1.21. The van der Waals surface area contributed by atoms with E-state index in [9.17, 15) is 4.79 Å². The number of epoxide rings is 1. The second kappa shape index (κ2) is 12.3. The fraction of sp³-hybridized carbons (Fsp3) is 0.381. The van der Waals surface area contributed by atoms with Gasteiger partial charge in [0.1, 0.15) is 12.7 Å². The summed E-state index contributed by atoms with van der Waals surface area (Å²) in [7, 11) is 0. The van der Waals surface area contributed by atoms with Crippen molar-refractivity contribution in [2.75, 3.05) is 13.2 Å². The summed E-state index contributed by atoms with van der Waals surface area (Å²) < 4.78 is 17.5. The van der Waals surface area contributed by atoms with Crippen LogP contribution in [0.4, 0.5) is 0 Å². The smallest absolute Gasteiger partial charge is 0.305 e. The predicted octanol–water partition coefficient (Wildman–Crippen LogP) is 5.66. The van der Waals surface area contributed by atoms with Crippen molar-refractivity contribution in [3.8, 4) is 0 Å². The first-order valence-electron chi connectivity index (χ1n) is 8.90. The topological polar surface area (TPSA) is 48.1 Å². The Bertz CT molecular complexity index is 637. The summed E-state index contributed by atoms with van der Waals surface area (Å²) in [6, 6.07) is 16.3. The average Bonchev–Trinajstić information content (AvgIpc) is 3.49. The van der Waals surface area contributed by atoms with Crippen LogP contribution in [0, 0.1) is 0 Å². The van der Waals surface area contributed by atoms with E-state index in [1.807, 2.05) is 31.2 Å². The lowest BCUT2D eigenvalue weighted by atomic mass is 10.2. The SMILES string of the molecule is Brc1ccc(COCc2ccc(Br)cc2)cc1.CCCC(=O)OCC1CO1. The third-order valence-corrected chi connectivity index (χ3v) is 4.71. The molecule has 1 saturated heterocycles. The van der Waals surface area contributed by atoms with Crippen molar-refractivity contribution in [1.82, 2.24) is 0 Å². The Labute approximate surface area is 177 Å². The van der Waals surface area contributed by atoms with E-state index in [-0.39, 0.29) is 12.1 Å². The Kier molecular flexibility index (Phi) is 10.1. The van der Waals surface area contributed by atoms with E-state index in [2.05, 4.69) is 56.1 Å². The summed E-state index contributed by atoms with van der Waals surface area (Å²) in [6.45, 7) is 4.43. The fourth-order valence-corrected chi connectivity index (χ4v) is 2.60. The van der Waals surface area contributed by atoms with Gasteiger partial charge in [0.05, 0.1) is 19.8 Å². The van der Waals surface area contributed by atoms with Gasteiger partial charge in [-0.15, -0.1) is 0 Å². The van der Waals surface area contributed by atoms with Gasteiger partial charge in [0, 0.05) is 15.4 Å². The summed E-state index contributed by atoms with van der Waals surface area (Å²) in [5.74, 6) is -0.113. The molecule has 146 valence electrons. The van der Waals surface area contributed by atoms with Gasteiger partial charge in [0.15, 0.2) is 0 Å². The number of carbonyl (C=O) groups is 1. The van der Waals surface area contributed by atoms with Crippen LogP contribution in [-0.2, 0) is 32.2 Å². The first-order valence-corrected chi connectivity index (χ1v) is 10.5. The molecule has 1 aliphatic heterocycles. The van der Waals surface area contributed by atoms with Crippen molar-refractivity contribution in [1.29, 1.82) is 0 Å². The molecule has 1 atom stereocenters. The van der Waals surface area contributed by atoms with Gasteiger partial charge >= 0.3 is 5.97 Å². The molecule has 2 aromatic rings. The molecular formula is C21H24Br2O4. The van der Waals surface area contributed by atoms with E-state index in [4.69, 9.17) is 14.2 Å². The van der Waals surface area contributed by atoms with Gasteiger partial charge in [-0.25, -0.2) is 0 Å². The molecule has 0 aliphatic carbocycles. The Balaban J connectivity index is 0.000000223. The van der Waals surface area contributed by atoms with E-state index in [0.29, 0.717) is 26.2 Å². The van der Waals surface area contributed by atoms with Gasteiger partial charge < -0.3 is 14.2 Å². The van der Waals surface area contributed by atoms with Gasteiger partial charge in [0.2, 0.25) is 0 Å². The molecule has 1 fully saturated rings. The Morgan fingerprint density at radius 3 is 1.89 bits per heavy atom. The van der Waals surface area contributed by atoms with Crippen molar-refractivity contribution in [3.05, 3.63) is 68.6 Å². The molecule has 0 N–H and O–H groups in total. The molecule has 6 heteroatoms. The summed E-state index contributed by atoms with van der Waals surface area (Å²) in [4.78, 5) is 10.7.